The molecular formula is C18H18Cl2N4O2. The topological polar surface area (TPSA) is 73.0 Å². The number of carbonyl (C=O) groups excluding carboxylic acids is 1. The van der Waals surface area contributed by atoms with E-state index in [2.05, 4.69) is 15.6 Å². The van der Waals surface area contributed by atoms with Crippen LogP contribution in [0.2, 0.25) is 10.0 Å². The van der Waals surface area contributed by atoms with E-state index < -0.39 is 0 Å². The lowest BCUT2D eigenvalue weighted by Gasteiger charge is -2.09. The highest BCUT2D eigenvalue weighted by Crippen LogP contribution is 2.27. The van der Waals surface area contributed by atoms with Crippen LogP contribution in [0.15, 0.2) is 28.8 Å². The molecule has 8 heteroatoms. The van der Waals surface area contributed by atoms with Crippen LogP contribution in [0, 0.1) is 13.8 Å². The summed E-state index contributed by atoms with van der Waals surface area (Å²) in [4.78, 5) is 12.4. The highest BCUT2D eigenvalue weighted by molar-refractivity contribution is 6.35. The molecule has 0 spiro atoms. The number of nitrogens with zero attached hydrogens (tertiary/aromatic N) is 3. The highest BCUT2D eigenvalue weighted by atomic mass is 35.5. The summed E-state index contributed by atoms with van der Waals surface area (Å²) in [6, 6.07) is 7.00. The molecule has 0 aliphatic heterocycles. The molecule has 26 heavy (non-hydrogen) atoms. The van der Waals surface area contributed by atoms with Crippen molar-refractivity contribution in [2.45, 2.75) is 33.7 Å². The Kier molecular flexibility index (Phi) is 5.34. The van der Waals surface area contributed by atoms with Gasteiger partial charge in [-0.3, -0.25) is 9.48 Å². The zero-order valence-corrected chi connectivity index (χ0v) is 16.1. The van der Waals surface area contributed by atoms with Gasteiger partial charge in [0.05, 0.1) is 23.6 Å². The number of aryl methyl sites for hydroxylation is 2. The average molecular weight is 393 g/mol. The molecule has 1 amide bonds. The van der Waals surface area contributed by atoms with Gasteiger partial charge in [0.2, 0.25) is 0 Å². The summed E-state index contributed by atoms with van der Waals surface area (Å²) in [6.07, 6.45) is 0.675. The molecule has 0 bridgehead atoms. The molecule has 0 aliphatic carbocycles. The standard InChI is InChI=1S/C18H18Cl2N4O2/c1-4-12-8-16(23-26-12)18(25)21-17-10(2)22-24(11(17)3)9-13-14(19)6-5-7-15(13)20/h5-8H,4,9H2,1-3H3,(H,21,25). The van der Waals surface area contributed by atoms with Crippen molar-refractivity contribution in [2.24, 2.45) is 0 Å². The van der Waals surface area contributed by atoms with E-state index >= 15 is 0 Å². The highest BCUT2D eigenvalue weighted by Gasteiger charge is 2.19. The number of halogens is 2. The molecule has 0 atom stereocenters. The summed E-state index contributed by atoms with van der Waals surface area (Å²) < 4.78 is 6.84. The molecule has 2 heterocycles. The molecule has 1 aromatic carbocycles. The first-order valence-corrected chi connectivity index (χ1v) is 8.90. The van der Waals surface area contributed by atoms with Crippen LogP contribution in [-0.2, 0) is 13.0 Å². The first kappa shape index (κ1) is 18.5. The van der Waals surface area contributed by atoms with Gasteiger partial charge < -0.3 is 9.84 Å². The van der Waals surface area contributed by atoms with E-state index in [-0.39, 0.29) is 11.6 Å². The van der Waals surface area contributed by atoms with Gasteiger partial charge in [0, 0.05) is 28.1 Å². The minimum atomic E-state index is -0.338. The van der Waals surface area contributed by atoms with Gasteiger partial charge in [-0.05, 0) is 26.0 Å². The van der Waals surface area contributed by atoms with Gasteiger partial charge in [0.15, 0.2) is 5.69 Å². The average Bonchev–Trinajstić information content (AvgIpc) is 3.19. The van der Waals surface area contributed by atoms with Crippen LogP contribution in [0.25, 0.3) is 0 Å². The predicted molar refractivity (Wildman–Crippen MR) is 101 cm³/mol. The third-order valence-electron chi connectivity index (χ3n) is 4.13. The molecule has 0 fully saturated rings. The van der Waals surface area contributed by atoms with Crippen molar-refractivity contribution in [1.29, 1.82) is 0 Å². The molecule has 136 valence electrons. The predicted octanol–water partition coefficient (Wildman–Crippen LogP) is 4.66. The summed E-state index contributed by atoms with van der Waals surface area (Å²) in [6.45, 7) is 6.04. The molecule has 1 N–H and O–H groups in total. The van der Waals surface area contributed by atoms with Crippen LogP contribution in [0.1, 0.15) is 40.1 Å². The van der Waals surface area contributed by atoms with Crippen molar-refractivity contribution in [3.63, 3.8) is 0 Å². The second kappa shape index (κ2) is 7.51. The van der Waals surface area contributed by atoms with Crippen LogP contribution in [0.3, 0.4) is 0 Å². The summed E-state index contributed by atoms with van der Waals surface area (Å²) in [5.74, 6) is 0.322. The Morgan fingerprint density at radius 1 is 1.27 bits per heavy atom. The largest absolute Gasteiger partial charge is 0.361 e. The van der Waals surface area contributed by atoms with Gasteiger partial charge in [0.25, 0.3) is 5.91 Å². The first-order chi connectivity index (χ1) is 12.4. The quantitative estimate of drug-likeness (QED) is 0.685. The maximum absolute atomic E-state index is 12.4. The Morgan fingerprint density at radius 3 is 2.58 bits per heavy atom. The maximum atomic E-state index is 12.4. The summed E-state index contributed by atoms with van der Waals surface area (Å²) >= 11 is 12.5. The van der Waals surface area contributed by atoms with Gasteiger partial charge in [-0.25, -0.2) is 0 Å². The van der Waals surface area contributed by atoms with E-state index in [4.69, 9.17) is 27.7 Å². The lowest BCUT2D eigenvalue weighted by atomic mass is 10.2. The molecule has 0 saturated carbocycles. The maximum Gasteiger partial charge on any atom is 0.277 e. The van der Waals surface area contributed by atoms with Gasteiger partial charge in [-0.2, -0.15) is 5.10 Å². The number of aromatic nitrogens is 3. The third-order valence-corrected chi connectivity index (χ3v) is 4.84. The minimum absolute atomic E-state index is 0.238. The third kappa shape index (κ3) is 3.61. The SMILES string of the molecule is CCc1cc(C(=O)Nc2c(C)nn(Cc3c(Cl)cccc3Cl)c2C)no1. The number of carbonyl (C=O) groups is 1. The molecule has 6 nitrogen and oxygen atoms in total. The second-order valence-electron chi connectivity index (χ2n) is 5.89. The summed E-state index contributed by atoms with van der Waals surface area (Å²) in [5.41, 5.74) is 3.15. The number of hydrogen-bond donors (Lipinski definition) is 1. The fourth-order valence-corrected chi connectivity index (χ4v) is 3.15. The number of rotatable bonds is 5. The van der Waals surface area contributed by atoms with Crippen molar-refractivity contribution < 1.29 is 9.32 Å². The lowest BCUT2D eigenvalue weighted by Crippen LogP contribution is -2.13. The van der Waals surface area contributed by atoms with E-state index in [1.54, 1.807) is 28.9 Å². The fourth-order valence-electron chi connectivity index (χ4n) is 2.63. The Balaban J connectivity index is 1.85. The van der Waals surface area contributed by atoms with E-state index in [1.807, 2.05) is 20.8 Å². The van der Waals surface area contributed by atoms with E-state index in [9.17, 15) is 4.79 Å². The Bertz CT molecular complexity index is 942. The first-order valence-electron chi connectivity index (χ1n) is 8.14. The molecule has 2 aromatic heterocycles. The van der Waals surface area contributed by atoms with Crippen LogP contribution >= 0.6 is 23.2 Å². The van der Waals surface area contributed by atoms with Crippen LogP contribution < -0.4 is 5.32 Å². The molecule has 3 aromatic rings. The van der Waals surface area contributed by atoms with Crippen molar-refractivity contribution in [3.05, 3.63) is 62.7 Å². The van der Waals surface area contributed by atoms with Gasteiger partial charge >= 0.3 is 0 Å². The van der Waals surface area contributed by atoms with Crippen LogP contribution in [0.5, 0.6) is 0 Å². The molecular weight excluding hydrogens is 375 g/mol. The molecule has 0 saturated heterocycles. The lowest BCUT2D eigenvalue weighted by molar-refractivity contribution is 0.101. The Hall–Kier alpha value is -2.31. The van der Waals surface area contributed by atoms with Gasteiger partial charge in [0.1, 0.15) is 5.76 Å². The van der Waals surface area contributed by atoms with E-state index in [0.29, 0.717) is 40.2 Å². The minimum Gasteiger partial charge on any atom is -0.361 e. The van der Waals surface area contributed by atoms with Crippen molar-refractivity contribution in [1.82, 2.24) is 14.9 Å². The van der Waals surface area contributed by atoms with Crippen LogP contribution in [0.4, 0.5) is 5.69 Å². The zero-order valence-electron chi connectivity index (χ0n) is 14.6. The molecule has 0 aliphatic rings. The Morgan fingerprint density at radius 2 is 1.96 bits per heavy atom. The van der Waals surface area contributed by atoms with Gasteiger partial charge in [-0.1, -0.05) is 41.3 Å². The Labute approximate surface area is 161 Å². The smallest absolute Gasteiger partial charge is 0.277 e. The number of hydrogen-bond acceptors (Lipinski definition) is 4. The van der Waals surface area contributed by atoms with Crippen molar-refractivity contribution in [2.75, 3.05) is 5.32 Å². The number of anilines is 1. The van der Waals surface area contributed by atoms with Crippen molar-refractivity contribution in [3.8, 4) is 0 Å². The summed E-state index contributed by atoms with van der Waals surface area (Å²) in [5, 5.41) is 12.3. The fraction of sp³-hybridized carbons (Fsp3) is 0.278. The normalized spacial score (nSPS) is 11.0. The molecule has 0 unspecified atom stereocenters. The zero-order chi connectivity index (χ0) is 18.8. The van der Waals surface area contributed by atoms with Gasteiger partial charge in [-0.15, -0.1) is 0 Å². The van der Waals surface area contributed by atoms with E-state index in [1.165, 1.54) is 0 Å². The van der Waals surface area contributed by atoms with Crippen molar-refractivity contribution >= 4 is 34.8 Å². The second-order valence-corrected chi connectivity index (χ2v) is 6.70. The van der Waals surface area contributed by atoms with E-state index in [0.717, 1.165) is 11.3 Å². The van der Waals surface area contributed by atoms with Crippen LogP contribution in [-0.4, -0.2) is 20.8 Å². The number of benzene rings is 1. The summed E-state index contributed by atoms with van der Waals surface area (Å²) in [7, 11) is 0. The monoisotopic (exact) mass is 392 g/mol. The molecule has 0 radical (unpaired) electrons. The number of nitrogens with one attached hydrogen (secondary N) is 1. The number of amides is 1. The molecule has 3 rings (SSSR count).